The molecule has 2 heteroatoms. The largest absolute Gasteiger partial charge is 0.455 e. The Morgan fingerprint density at radius 2 is 0.817 bits per heavy atom. The molecule has 2 nitrogen and oxygen atoms in total. The van der Waals surface area contributed by atoms with Crippen molar-refractivity contribution in [2.45, 2.75) is 0 Å². The highest BCUT2D eigenvalue weighted by molar-refractivity contribution is 6.26. The van der Waals surface area contributed by atoms with Crippen LogP contribution in [0, 0.1) is 0 Å². The number of benzene rings is 11. The van der Waals surface area contributed by atoms with Gasteiger partial charge in [0.2, 0.25) is 0 Å². The van der Waals surface area contributed by atoms with E-state index in [9.17, 15) is 0 Å². The molecule has 2 aromatic heterocycles. The summed E-state index contributed by atoms with van der Waals surface area (Å²) >= 11 is 0. The average molecular weight is 762 g/mol. The highest BCUT2D eigenvalue weighted by atomic mass is 16.3. The van der Waals surface area contributed by atoms with E-state index in [0.717, 1.165) is 44.3 Å². The number of aromatic nitrogens is 1. The van der Waals surface area contributed by atoms with Crippen molar-refractivity contribution >= 4 is 86.8 Å². The van der Waals surface area contributed by atoms with Gasteiger partial charge in [0, 0.05) is 32.8 Å². The van der Waals surface area contributed by atoms with Crippen LogP contribution in [0.25, 0.3) is 126 Å². The first-order valence-corrected chi connectivity index (χ1v) is 20.7. The van der Waals surface area contributed by atoms with Crippen molar-refractivity contribution in [3.05, 3.63) is 212 Å². The fraction of sp³-hybridized carbons (Fsp3) is 0. The van der Waals surface area contributed by atoms with E-state index in [1.165, 1.54) is 81.6 Å². The summed E-state index contributed by atoms with van der Waals surface area (Å²) in [5.41, 5.74) is 12.5. The Balaban J connectivity index is 1.12. The fourth-order valence-electron chi connectivity index (χ4n) is 10.2. The summed E-state index contributed by atoms with van der Waals surface area (Å²) in [5.74, 6) is 0. The maximum Gasteiger partial charge on any atom is 0.143 e. The minimum atomic E-state index is 0.910. The van der Waals surface area contributed by atoms with Gasteiger partial charge in [-0.2, -0.15) is 0 Å². The van der Waals surface area contributed by atoms with E-state index < -0.39 is 0 Å². The van der Waals surface area contributed by atoms with Crippen molar-refractivity contribution in [3.63, 3.8) is 0 Å². The molecule has 0 aliphatic heterocycles. The lowest BCUT2D eigenvalue weighted by Gasteiger charge is -2.21. The number of hydrogen-bond acceptors (Lipinski definition) is 1. The zero-order valence-electron chi connectivity index (χ0n) is 32.6. The maximum atomic E-state index is 6.52. The van der Waals surface area contributed by atoms with Crippen LogP contribution in [0.3, 0.4) is 0 Å². The van der Waals surface area contributed by atoms with Crippen LogP contribution in [0.4, 0.5) is 0 Å². The topological polar surface area (TPSA) is 18.1 Å². The van der Waals surface area contributed by atoms with Gasteiger partial charge >= 0.3 is 0 Å². The van der Waals surface area contributed by atoms with Crippen molar-refractivity contribution in [3.8, 4) is 39.1 Å². The minimum absolute atomic E-state index is 0.910. The van der Waals surface area contributed by atoms with Gasteiger partial charge in [-0.25, -0.2) is 0 Å². The Kier molecular flexibility index (Phi) is 7.05. The van der Waals surface area contributed by atoms with Crippen molar-refractivity contribution in [2.24, 2.45) is 0 Å². The van der Waals surface area contributed by atoms with Crippen molar-refractivity contribution in [1.29, 1.82) is 0 Å². The van der Waals surface area contributed by atoms with Crippen LogP contribution >= 0.6 is 0 Å². The molecule has 0 saturated carbocycles. The smallest absolute Gasteiger partial charge is 0.143 e. The molecule has 0 fully saturated rings. The summed E-state index contributed by atoms with van der Waals surface area (Å²) < 4.78 is 8.97. The molecule has 13 aromatic rings. The number of furan rings is 1. The molecule has 278 valence electrons. The molecule has 2 heterocycles. The Labute approximate surface area is 345 Å². The van der Waals surface area contributed by atoms with E-state index in [4.69, 9.17) is 4.42 Å². The first kappa shape index (κ1) is 33.1. The fourth-order valence-corrected chi connectivity index (χ4v) is 10.2. The summed E-state index contributed by atoms with van der Waals surface area (Å²) in [4.78, 5) is 0. The Morgan fingerprint density at radius 3 is 1.55 bits per heavy atom. The number of rotatable bonds is 4. The van der Waals surface area contributed by atoms with Gasteiger partial charge in [-0.3, -0.25) is 0 Å². The third-order valence-electron chi connectivity index (χ3n) is 12.8. The van der Waals surface area contributed by atoms with E-state index in [2.05, 4.69) is 211 Å². The first-order chi connectivity index (χ1) is 29.8. The molecular formula is C58H35NO. The molecule has 11 aromatic carbocycles. The summed E-state index contributed by atoms with van der Waals surface area (Å²) in [6.07, 6.45) is 0. The number of nitrogens with zero attached hydrogens (tertiary/aromatic N) is 1. The molecule has 0 aliphatic carbocycles. The van der Waals surface area contributed by atoms with Crippen LogP contribution in [-0.2, 0) is 0 Å². The highest BCUT2D eigenvalue weighted by Crippen LogP contribution is 2.48. The molecule has 0 aliphatic rings. The van der Waals surface area contributed by atoms with E-state index >= 15 is 0 Å². The predicted octanol–water partition coefficient (Wildman–Crippen LogP) is 16.3. The van der Waals surface area contributed by atoms with Crippen LogP contribution in [0.1, 0.15) is 0 Å². The Bertz CT molecular complexity index is 3890. The van der Waals surface area contributed by atoms with Gasteiger partial charge in [-0.1, -0.05) is 176 Å². The average Bonchev–Trinajstić information content (AvgIpc) is 3.86. The molecule has 0 saturated heterocycles. The molecule has 0 spiro atoms. The van der Waals surface area contributed by atoms with E-state index in [0.29, 0.717) is 0 Å². The molecular weight excluding hydrogens is 727 g/mol. The van der Waals surface area contributed by atoms with Gasteiger partial charge in [0.25, 0.3) is 0 Å². The maximum absolute atomic E-state index is 6.52. The van der Waals surface area contributed by atoms with Crippen LogP contribution in [0.2, 0.25) is 0 Å². The predicted molar refractivity (Wildman–Crippen MR) is 254 cm³/mol. The molecule has 13 rings (SSSR count). The summed E-state index contributed by atoms with van der Waals surface area (Å²) in [6.45, 7) is 0. The third kappa shape index (κ3) is 4.76. The van der Waals surface area contributed by atoms with Crippen molar-refractivity contribution in [1.82, 2.24) is 4.57 Å². The molecule has 0 atom stereocenters. The highest BCUT2D eigenvalue weighted by Gasteiger charge is 2.22. The van der Waals surface area contributed by atoms with Crippen LogP contribution < -0.4 is 0 Å². The monoisotopic (exact) mass is 761 g/mol. The zero-order valence-corrected chi connectivity index (χ0v) is 32.6. The van der Waals surface area contributed by atoms with Gasteiger partial charge in [-0.15, -0.1) is 0 Å². The van der Waals surface area contributed by atoms with Crippen LogP contribution in [0.15, 0.2) is 217 Å². The summed E-state index contributed by atoms with van der Waals surface area (Å²) in [7, 11) is 0. The zero-order chi connectivity index (χ0) is 39.3. The van der Waals surface area contributed by atoms with Crippen LogP contribution in [-0.4, -0.2) is 4.57 Å². The second-order valence-electron chi connectivity index (χ2n) is 15.9. The lowest BCUT2D eigenvalue weighted by Crippen LogP contribution is -1.97. The van der Waals surface area contributed by atoms with Gasteiger partial charge in [0.15, 0.2) is 0 Å². The second-order valence-corrected chi connectivity index (χ2v) is 15.9. The number of fused-ring (bicyclic) bond motifs is 10. The van der Waals surface area contributed by atoms with Gasteiger partial charge < -0.3 is 8.98 Å². The Hall–Kier alpha value is -7.94. The van der Waals surface area contributed by atoms with E-state index in [1.54, 1.807) is 0 Å². The molecule has 0 radical (unpaired) electrons. The molecule has 0 bridgehead atoms. The lowest BCUT2D eigenvalue weighted by molar-refractivity contribution is 0.670. The van der Waals surface area contributed by atoms with Gasteiger partial charge in [0.05, 0.1) is 11.0 Å². The summed E-state index contributed by atoms with van der Waals surface area (Å²) in [5, 5.41) is 14.6. The molecule has 60 heavy (non-hydrogen) atoms. The minimum Gasteiger partial charge on any atom is -0.455 e. The van der Waals surface area contributed by atoms with Gasteiger partial charge in [-0.05, 0) is 107 Å². The van der Waals surface area contributed by atoms with Gasteiger partial charge in [0.1, 0.15) is 11.2 Å². The molecule has 0 N–H and O–H groups in total. The normalized spacial score (nSPS) is 12.0. The Morgan fingerprint density at radius 1 is 0.300 bits per heavy atom. The number of hydrogen-bond donors (Lipinski definition) is 0. The quantitative estimate of drug-likeness (QED) is 0.163. The molecule has 0 unspecified atom stereocenters. The lowest BCUT2D eigenvalue weighted by atomic mass is 9.83. The number of para-hydroxylation sites is 3. The molecule has 0 amide bonds. The van der Waals surface area contributed by atoms with Crippen molar-refractivity contribution in [2.75, 3.05) is 0 Å². The third-order valence-corrected chi connectivity index (χ3v) is 12.8. The summed E-state index contributed by atoms with van der Waals surface area (Å²) in [6, 6.07) is 77.7. The van der Waals surface area contributed by atoms with Crippen molar-refractivity contribution < 1.29 is 4.42 Å². The second kappa shape index (κ2) is 12.8. The van der Waals surface area contributed by atoms with E-state index in [1.807, 2.05) is 6.07 Å². The SMILES string of the molecule is c1ccc2c(-c3c4ccccc4c(-c4cccc5ccccc45)c4cc(-n5c6ccccc6c6cc(-c7cccc8c7oc7ccccc78)ccc65)ccc34)cccc2c1. The van der Waals surface area contributed by atoms with E-state index in [-0.39, 0.29) is 0 Å². The standard InChI is InChI=1S/C58H35NO/c1-3-18-40-36(14-1)16-11-25-45(40)56-47-22-5-6-23-48(47)57(46-26-12-17-37-15-2-4-19-41(37)46)52-35-39(31-32-49(52)56)59-53-28-9-7-20-43(53)51-34-38(30-33-54(51)59)42-24-13-27-50-44-21-8-10-29-55(44)60-58(42)50/h1-35H. The van der Waals surface area contributed by atoms with Crippen LogP contribution in [0.5, 0.6) is 0 Å². The first-order valence-electron chi connectivity index (χ1n) is 20.7.